The third-order valence-corrected chi connectivity index (χ3v) is 2.01. The summed E-state index contributed by atoms with van der Waals surface area (Å²) in [4.78, 5) is 2.13. The molecule has 1 heteroatoms. The fourth-order valence-corrected chi connectivity index (χ4v) is 1.39. The van der Waals surface area contributed by atoms with Crippen LogP contribution < -0.4 is 4.90 Å². The van der Waals surface area contributed by atoms with Crippen molar-refractivity contribution in [3.8, 4) is 0 Å². The van der Waals surface area contributed by atoms with Gasteiger partial charge in [-0.1, -0.05) is 37.6 Å². The molecule has 0 saturated carbocycles. The maximum Gasteiger partial charge on any atom is 0.0434 e. The van der Waals surface area contributed by atoms with Crippen LogP contribution in [0.15, 0.2) is 24.3 Å². The van der Waals surface area contributed by atoms with Gasteiger partial charge in [-0.3, -0.25) is 0 Å². The van der Waals surface area contributed by atoms with Gasteiger partial charge in [-0.05, 0) is 31.5 Å². The van der Waals surface area contributed by atoms with Crippen LogP contribution >= 0.6 is 0 Å². The molecule has 0 atom stereocenters. The van der Waals surface area contributed by atoms with Crippen LogP contribution in [-0.2, 0) is 0 Å². The number of rotatable bonds is 2. The molecule has 15 heavy (non-hydrogen) atoms. The van der Waals surface area contributed by atoms with Crippen molar-refractivity contribution in [3.05, 3.63) is 35.4 Å². The van der Waals surface area contributed by atoms with E-state index in [9.17, 15) is 0 Å². The molecule has 0 spiro atoms. The third-order valence-electron chi connectivity index (χ3n) is 2.01. The summed E-state index contributed by atoms with van der Waals surface area (Å²) < 4.78 is 0. The minimum Gasteiger partial charge on any atom is -0.377 e. The van der Waals surface area contributed by atoms with E-state index in [2.05, 4.69) is 56.3 Å². The Morgan fingerprint density at radius 3 is 2.20 bits per heavy atom. The summed E-state index contributed by atoms with van der Waals surface area (Å²) in [5.74, 6) is 0. The highest BCUT2D eigenvalue weighted by molar-refractivity contribution is 5.67. The number of anilines is 1. The van der Waals surface area contributed by atoms with Crippen molar-refractivity contribution in [2.45, 2.75) is 27.7 Å². The zero-order valence-corrected chi connectivity index (χ0v) is 10.8. The molecule has 0 bridgehead atoms. The molecule has 0 fully saturated rings. The molecule has 1 rings (SSSR count). The Bertz CT molecular complexity index is 311. The average molecular weight is 205 g/mol. The molecule has 0 aromatic heterocycles. The number of allylic oxidation sites excluding steroid dienone is 1. The third kappa shape index (κ3) is 4.20. The highest BCUT2D eigenvalue weighted by Gasteiger charge is 2.00. The normalized spacial score (nSPS) is 9.73. The van der Waals surface area contributed by atoms with Crippen molar-refractivity contribution >= 4 is 11.8 Å². The van der Waals surface area contributed by atoms with Crippen LogP contribution in [0.25, 0.3) is 6.08 Å². The molecule has 1 aromatic carbocycles. The average Bonchev–Trinajstić information content (AvgIpc) is 2.21. The maximum absolute atomic E-state index is 2.20. The molecule has 1 nitrogen and oxygen atoms in total. The van der Waals surface area contributed by atoms with Crippen LogP contribution in [0, 0.1) is 6.92 Å². The van der Waals surface area contributed by atoms with E-state index in [1.165, 1.54) is 16.8 Å². The highest BCUT2D eigenvalue weighted by atomic mass is 15.1. The largest absolute Gasteiger partial charge is 0.377 e. The predicted molar refractivity (Wildman–Crippen MR) is 71.6 cm³/mol. The lowest BCUT2D eigenvalue weighted by atomic mass is 10.1. The predicted octanol–water partition coefficient (Wildman–Crippen LogP) is 4.12. The first kappa shape index (κ1) is 13.8. The van der Waals surface area contributed by atoms with E-state index in [-0.39, 0.29) is 0 Å². The Morgan fingerprint density at radius 2 is 1.73 bits per heavy atom. The summed E-state index contributed by atoms with van der Waals surface area (Å²) in [5.41, 5.74) is 3.86. The van der Waals surface area contributed by atoms with E-state index in [1.807, 2.05) is 20.8 Å². The number of hydrogen-bond acceptors (Lipinski definition) is 1. The SMILES string of the molecule is C/C=C\c1cc(C)ccc1N(C)C.CC. The summed E-state index contributed by atoms with van der Waals surface area (Å²) >= 11 is 0. The molecule has 0 aliphatic heterocycles. The second kappa shape index (κ2) is 7.10. The topological polar surface area (TPSA) is 3.24 Å². The summed E-state index contributed by atoms with van der Waals surface area (Å²) in [6, 6.07) is 6.50. The molecule has 0 unspecified atom stereocenters. The minimum atomic E-state index is 1.27. The van der Waals surface area contributed by atoms with E-state index < -0.39 is 0 Å². The molecular formula is C14H23N. The van der Waals surface area contributed by atoms with Crippen LogP contribution in [0.3, 0.4) is 0 Å². The van der Waals surface area contributed by atoms with Gasteiger partial charge >= 0.3 is 0 Å². The van der Waals surface area contributed by atoms with Crippen molar-refractivity contribution in [2.24, 2.45) is 0 Å². The Balaban J connectivity index is 0.000000921. The van der Waals surface area contributed by atoms with Gasteiger partial charge in [0.2, 0.25) is 0 Å². The first-order valence-electron chi connectivity index (χ1n) is 5.56. The summed E-state index contributed by atoms with van der Waals surface area (Å²) in [6.45, 7) is 8.16. The van der Waals surface area contributed by atoms with Gasteiger partial charge in [0.15, 0.2) is 0 Å². The number of benzene rings is 1. The quantitative estimate of drug-likeness (QED) is 0.702. The van der Waals surface area contributed by atoms with Crippen molar-refractivity contribution in [1.29, 1.82) is 0 Å². The van der Waals surface area contributed by atoms with Gasteiger partial charge in [0.05, 0.1) is 0 Å². The summed E-state index contributed by atoms with van der Waals surface area (Å²) in [5, 5.41) is 0. The Morgan fingerprint density at radius 1 is 1.13 bits per heavy atom. The van der Waals surface area contributed by atoms with Crippen LogP contribution in [-0.4, -0.2) is 14.1 Å². The smallest absolute Gasteiger partial charge is 0.0434 e. The van der Waals surface area contributed by atoms with Crippen molar-refractivity contribution in [1.82, 2.24) is 0 Å². The van der Waals surface area contributed by atoms with Gasteiger partial charge in [0.1, 0.15) is 0 Å². The first-order valence-corrected chi connectivity index (χ1v) is 5.56. The van der Waals surface area contributed by atoms with Gasteiger partial charge in [-0.25, -0.2) is 0 Å². The summed E-state index contributed by atoms with van der Waals surface area (Å²) in [6.07, 6.45) is 4.21. The lowest BCUT2D eigenvalue weighted by Gasteiger charge is -2.16. The van der Waals surface area contributed by atoms with E-state index in [1.54, 1.807) is 0 Å². The standard InChI is InChI=1S/C12H17N.C2H6/c1-5-6-11-9-10(2)7-8-12(11)13(3)4;1-2/h5-9H,1-4H3;1-2H3/b6-5-;. The molecule has 0 amide bonds. The molecule has 1 aromatic rings. The van der Waals surface area contributed by atoms with Gasteiger partial charge in [0.25, 0.3) is 0 Å². The molecular weight excluding hydrogens is 182 g/mol. The Kier molecular flexibility index (Phi) is 6.52. The maximum atomic E-state index is 2.20. The minimum absolute atomic E-state index is 1.27. The van der Waals surface area contributed by atoms with E-state index in [0.29, 0.717) is 0 Å². The molecule has 0 radical (unpaired) electrons. The molecule has 0 saturated heterocycles. The van der Waals surface area contributed by atoms with E-state index >= 15 is 0 Å². The van der Waals surface area contributed by atoms with Gasteiger partial charge < -0.3 is 4.90 Å². The molecule has 0 aliphatic rings. The van der Waals surface area contributed by atoms with E-state index in [4.69, 9.17) is 0 Å². The fourth-order valence-electron chi connectivity index (χ4n) is 1.39. The second-order valence-electron chi connectivity index (χ2n) is 3.46. The lowest BCUT2D eigenvalue weighted by molar-refractivity contribution is 1.12. The molecule has 0 aliphatic carbocycles. The monoisotopic (exact) mass is 205 g/mol. The Labute approximate surface area is 94.4 Å². The fraction of sp³-hybridized carbons (Fsp3) is 0.429. The van der Waals surface area contributed by atoms with Crippen LogP contribution in [0.5, 0.6) is 0 Å². The van der Waals surface area contributed by atoms with Gasteiger partial charge in [0, 0.05) is 19.8 Å². The molecule has 0 heterocycles. The van der Waals surface area contributed by atoms with Crippen molar-refractivity contribution in [2.75, 3.05) is 19.0 Å². The first-order chi connectivity index (χ1) is 7.15. The molecule has 84 valence electrons. The zero-order valence-electron chi connectivity index (χ0n) is 10.8. The van der Waals surface area contributed by atoms with Crippen LogP contribution in [0.2, 0.25) is 0 Å². The Hall–Kier alpha value is -1.24. The van der Waals surface area contributed by atoms with Crippen molar-refractivity contribution in [3.63, 3.8) is 0 Å². The number of hydrogen-bond donors (Lipinski definition) is 0. The van der Waals surface area contributed by atoms with Gasteiger partial charge in [-0.15, -0.1) is 0 Å². The van der Waals surface area contributed by atoms with Crippen LogP contribution in [0.4, 0.5) is 5.69 Å². The molecule has 0 N–H and O–H groups in total. The second-order valence-corrected chi connectivity index (χ2v) is 3.46. The van der Waals surface area contributed by atoms with Gasteiger partial charge in [-0.2, -0.15) is 0 Å². The van der Waals surface area contributed by atoms with Crippen LogP contribution in [0.1, 0.15) is 31.9 Å². The highest BCUT2D eigenvalue weighted by Crippen LogP contribution is 2.21. The lowest BCUT2D eigenvalue weighted by Crippen LogP contribution is -2.10. The number of aryl methyl sites for hydroxylation is 1. The number of nitrogens with zero attached hydrogens (tertiary/aromatic N) is 1. The van der Waals surface area contributed by atoms with Crippen molar-refractivity contribution < 1.29 is 0 Å². The zero-order chi connectivity index (χ0) is 11.8. The van der Waals surface area contributed by atoms with E-state index in [0.717, 1.165) is 0 Å². The summed E-state index contributed by atoms with van der Waals surface area (Å²) in [7, 11) is 4.13.